The largest absolute Gasteiger partial charge is 0.353 e. The van der Waals surface area contributed by atoms with Crippen LogP contribution < -0.4 is 5.32 Å². The number of amides is 3. The number of likely N-dealkylation sites (tertiary alicyclic amines) is 2. The highest BCUT2D eigenvalue weighted by atomic mass is 16.2. The monoisotopic (exact) mass is 413 g/mol. The first-order chi connectivity index (χ1) is 14.3. The molecule has 6 nitrogen and oxygen atoms in total. The summed E-state index contributed by atoms with van der Waals surface area (Å²) < 4.78 is 0. The molecule has 0 bridgehead atoms. The molecule has 1 aromatic carbocycles. The Labute approximate surface area is 180 Å². The number of carbonyl (C=O) groups is 3. The van der Waals surface area contributed by atoms with E-state index in [4.69, 9.17) is 0 Å². The first kappa shape index (κ1) is 22.3. The van der Waals surface area contributed by atoms with Crippen molar-refractivity contribution < 1.29 is 14.4 Å². The minimum absolute atomic E-state index is 0.0252. The molecule has 2 fully saturated rings. The summed E-state index contributed by atoms with van der Waals surface area (Å²) in [5.74, 6) is 0.371. The molecule has 1 aromatic rings. The van der Waals surface area contributed by atoms with Crippen LogP contribution in [0, 0.1) is 17.8 Å². The smallest absolute Gasteiger partial charge is 0.227 e. The molecular weight excluding hydrogens is 378 g/mol. The van der Waals surface area contributed by atoms with Crippen LogP contribution in [0.1, 0.15) is 45.6 Å². The van der Waals surface area contributed by atoms with Gasteiger partial charge in [0.15, 0.2) is 0 Å². The van der Waals surface area contributed by atoms with Gasteiger partial charge in [-0.2, -0.15) is 0 Å². The van der Waals surface area contributed by atoms with E-state index in [1.807, 2.05) is 34.9 Å². The first-order valence-corrected chi connectivity index (χ1v) is 11.3. The van der Waals surface area contributed by atoms with Crippen molar-refractivity contribution in [2.24, 2.45) is 17.8 Å². The number of benzene rings is 1. The highest BCUT2D eigenvalue weighted by Gasteiger charge is 2.38. The van der Waals surface area contributed by atoms with E-state index < -0.39 is 0 Å². The molecule has 0 radical (unpaired) electrons. The first-order valence-electron chi connectivity index (χ1n) is 11.3. The van der Waals surface area contributed by atoms with Crippen molar-refractivity contribution in [3.63, 3.8) is 0 Å². The predicted octanol–water partition coefficient (Wildman–Crippen LogP) is 2.48. The molecule has 2 aliphatic heterocycles. The summed E-state index contributed by atoms with van der Waals surface area (Å²) >= 11 is 0. The van der Waals surface area contributed by atoms with Crippen LogP contribution in [-0.4, -0.2) is 59.7 Å². The van der Waals surface area contributed by atoms with E-state index in [1.54, 1.807) is 0 Å². The Morgan fingerprint density at radius 3 is 2.37 bits per heavy atom. The number of nitrogens with one attached hydrogen (secondary N) is 1. The maximum atomic E-state index is 13.0. The fourth-order valence-corrected chi connectivity index (χ4v) is 4.19. The normalized spacial score (nSPS) is 21.2. The number of carbonyl (C=O) groups excluding carboxylic acids is 3. The summed E-state index contributed by atoms with van der Waals surface area (Å²) in [6.07, 6.45) is 2.50. The zero-order chi connectivity index (χ0) is 21.7. The van der Waals surface area contributed by atoms with Crippen molar-refractivity contribution in [2.75, 3.05) is 26.2 Å². The number of rotatable bonds is 7. The second-order valence-corrected chi connectivity index (χ2v) is 9.12. The van der Waals surface area contributed by atoms with Gasteiger partial charge in [0.25, 0.3) is 0 Å². The van der Waals surface area contributed by atoms with Crippen LogP contribution in [-0.2, 0) is 20.8 Å². The Bertz CT molecular complexity index is 741. The fraction of sp³-hybridized carbons (Fsp3) is 0.625. The van der Waals surface area contributed by atoms with Gasteiger partial charge in [-0.15, -0.1) is 0 Å². The molecule has 2 saturated heterocycles. The number of piperidine rings is 1. The third-order valence-corrected chi connectivity index (χ3v) is 6.62. The molecule has 0 spiro atoms. The molecule has 2 aliphatic rings. The van der Waals surface area contributed by atoms with Gasteiger partial charge < -0.3 is 15.1 Å². The lowest BCUT2D eigenvalue weighted by atomic mass is 9.93. The average Bonchev–Trinajstić information content (AvgIpc) is 3.13. The summed E-state index contributed by atoms with van der Waals surface area (Å²) in [5, 5.41) is 3.09. The zero-order valence-corrected chi connectivity index (χ0v) is 18.5. The van der Waals surface area contributed by atoms with Gasteiger partial charge in [-0.25, -0.2) is 0 Å². The summed E-state index contributed by atoms with van der Waals surface area (Å²) in [6, 6.07) is 10.3. The number of hydrogen-bond acceptors (Lipinski definition) is 3. The van der Waals surface area contributed by atoms with Crippen LogP contribution >= 0.6 is 0 Å². The molecule has 0 saturated carbocycles. The van der Waals surface area contributed by atoms with Crippen molar-refractivity contribution in [1.29, 1.82) is 0 Å². The molecule has 2 unspecified atom stereocenters. The Morgan fingerprint density at radius 1 is 1.07 bits per heavy atom. The van der Waals surface area contributed by atoms with Crippen LogP contribution in [0.5, 0.6) is 0 Å². The van der Waals surface area contributed by atoms with Gasteiger partial charge >= 0.3 is 0 Å². The topological polar surface area (TPSA) is 69.7 Å². The summed E-state index contributed by atoms with van der Waals surface area (Å²) in [6.45, 7) is 8.58. The summed E-state index contributed by atoms with van der Waals surface area (Å²) in [7, 11) is 0. The van der Waals surface area contributed by atoms with Crippen LogP contribution in [0.4, 0.5) is 0 Å². The van der Waals surface area contributed by atoms with Crippen LogP contribution in [0.25, 0.3) is 0 Å². The molecule has 164 valence electrons. The number of nitrogens with zero attached hydrogens (tertiary/aromatic N) is 2. The standard InChI is InChI=1S/C24H35N3O3/c1-17(2)18(3)25-23(29)20-10-13-26(14-11-20)24(30)21-15-22(28)27(16-21)12-9-19-7-5-4-6-8-19/h4-8,17-18,20-21H,9-16H2,1-3H3,(H,25,29). The van der Waals surface area contributed by atoms with Crippen molar-refractivity contribution >= 4 is 17.7 Å². The fourth-order valence-electron chi connectivity index (χ4n) is 4.19. The lowest BCUT2D eigenvalue weighted by Crippen LogP contribution is -2.47. The highest BCUT2D eigenvalue weighted by molar-refractivity contribution is 5.89. The van der Waals surface area contributed by atoms with Crippen LogP contribution in [0.2, 0.25) is 0 Å². The van der Waals surface area contributed by atoms with Gasteiger partial charge in [-0.1, -0.05) is 44.2 Å². The molecule has 1 N–H and O–H groups in total. The third kappa shape index (κ3) is 5.61. The van der Waals surface area contributed by atoms with E-state index in [0.29, 0.717) is 51.4 Å². The number of hydrogen-bond donors (Lipinski definition) is 1. The molecule has 3 rings (SSSR count). The second kappa shape index (κ2) is 10.1. The van der Waals surface area contributed by atoms with E-state index in [-0.39, 0.29) is 35.6 Å². The predicted molar refractivity (Wildman–Crippen MR) is 117 cm³/mol. The molecule has 2 atom stereocenters. The molecular formula is C24H35N3O3. The molecule has 3 amide bonds. The van der Waals surface area contributed by atoms with E-state index in [1.165, 1.54) is 5.56 Å². The zero-order valence-electron chi connectivity index (χ0n) is 18.5. The maximum Gasteiger partial charge on any atom is 0.227 e. The van der Waals surface area contributed by atoms with Crippen LogP contribution in [0.15, 0.2) is 30.3 Å². The molecule has 0 aromatic heterocycles. The summed E-state index contributed by atoms with van der Waals surface area (Å²) in [5.41, 5.74) is 1.20. The van der Waals surface area contributed by atoms with Crippen molar-refractivity contribution in [2.45, 2.75) is 52.5 Å². The van der Waals surface area contributed by atoms with Gasteiger partial charge in [0.2, 0.25) is 17.7 Å². The second-order valence-electron chi connectivity index (χ2n) is 9.12. The van der Waals surface area contributed by atoms with E-state index in [2.05, 4.69) is 31.3 Å². The van der Waals surface area contributed by atoms with E-state index >= 15 is 0 Å². The van der Waals surface area contributed by atoms with Gasteiger partial charge in [-0.3, -0.25) is 14.4 Å². The maximum absolute atomic E-state index is 13.0. The Balaban J connectivity index is 1.45. The highest BCUT2D eigenvalue weighted by Crippen LogP contribution is 2.24. The minimum Gasteiger partial charge on any atom is -0.353 e. The van der Waals surface area contributed by atoms with Gasteiger partial charge in [0, 0.05) is 44.6 Å². The molecule has 6 heteroatoms. The SMILES string of the molecule is CC(C)C(C)NC(=O)C1CCN(C(=O)C2CC(=O)N(CCc3ccccc3)C2)CC1. The van der Waals surface area contributed by atoms with Crippen molar-refractivity contribution in [1.82, 2.24) is 15.1 Å². The molecule has 0 aliphatic carbocycles. The van der Waals surface area contributed by atoms with Crippen molar-refractivity contribution in [3.8, 4) is 0 Å². The van der Waals surface area contributed by atoms with Gasteiger partial charge in [0.1, 0.15) is 0 Å². The average molecular weight is 414 g/mol. The lowest BCUT2D eigenvalue weighted by Gasteiger charge is -2.33. The van der Waals surface area contributed by atoms with E-state index in [0.717, 1.165) is 6.42 Å². The third-order valence-electron chi connectivity index (χ3n) is 6.62. The minimum atomic E-state index is -0.250. The van der Waals surface area contributed by atoms with Crippen molar-refractivity contribution in [3.05, 3.63) is 35.9 Å². The Morgan fingerprint density at radius 2 is 1.73 bits per heavy atom. The van der Waals surface area contributed by atoms with Gasteiger partial charge in [-0.05, 0) is 37.7 Å². The summed E-state index contributed by atoms with van der Waals surface area (Å²) in [4.78, 5) is 41.5. The van der Waals surface area contributed by atoms with E-state index in [9.17, 15) is 14.4 Å². The molecule has 30 heavy (non-hydrogen) atoms. The van der Waals surface area contributed by atoms with Crippen LogP contribution in [0.3, 0.4) is 0 Å². The quantitative estimate of drug-likeness (QED) is 0.747. The van der Waals surface area contributed by atoms with Gasteiger partial charge in [0.05, 0.1) is 5.92 Å². The molecule has 2 heterocycles. The lowest BCUT2D eigenvalue weighted by molar-refractivity contribution is -0.139. The Hall–Kier alpha value is -2.37. The Kier molecular flexibility index (Phi) is 7.51.